The molecule has 0 fully saturated rings. The van der Waals surface area contributed by atoms with Crippen molar-refractivity contribution in [2.45, 2.75) is 26.0 Å². The standard InChI is InChI=1S/C18H24N6O.HI/c1-4-20-17(21-10-15-7-5-14(9-19)6-8-15)22-13-18(2,25)16-11-23-24(3)12-16;/h5-8,11-12,25H,4,10,13H2,1-3H3,(H2,20,21,22);1H. The number of nitriles is 1. The van der Waals surface area contributed by atoms with Crippen molar-refractivity contribution < 1.29 is 5.11 Å². The van der Waals surface area contributed by atoms with Gasteiger partial charge < -0.3 is 15.7 Å². The van der Waals surface area contributed by atoms with Crippen LogP contribution in [0.25, 0.3) is 0 Å². The van der Waals surface area contributed by atoms with Gasteiger partial charge in [0.25, 0.3) is 0 Å². The maximum atomic E-state index is 10.6. The third-order valence-electron chi connectivity index (χ3n) is 3.77. The number of guanidine groups is 1. The van der Waals surface area contributed by atoms with Gasteiger partial charge in [0.1, 0.15) is 5.60 Å². The van der Waals surface area contributed by atoms with Gasteiger partial charge >= 0.3 is 0 Å². The number of aliphatic hydroxyl groups is 1. The SMILES string of the molecule is CCNC(=NCc1ccc(C#N)cc1)NCC(C)(O)c1cnn(C)c1.I. The monoisotopic (exact) mass is 468 g/mol. The highest BCUT2D eigenvalue weighted by molar-refractivity contribution is 14.0. The Bertz CT molecular complexity index is 761. The molecule has 0 radical (unpaired) electrons. The number of aliphatic imine (C=N–C) groups is 1. The minimum absolute atomic E-state index is 0. The molecule has 0 saturated carbocycles. The van der Waals surface area contributed by atoms with E-state index < -0.39 is 5.60 Å². The van der Waals surface area contributed by atoms with E-state index in [1.54, 1.807) is 36.1 Å². The Morgan fingerprint density at radius 2 is 2.04 bits per heavy atom. The molecule has 2 aromatic rings. The molecule has 1 heterocycles. The van der Waals surface area contributed by atoms with Gasteiger partial charge in [0.2, 0.25) is 0 Å². The van der Waals surface area contributed by atoms with Crippen LogP contribution in [0.5, 0.6) is 0 Å². The van der Waals surface area contributed by atoms with Crippen molar-refractivity contribution in [3.05, 3.63) is 53.3 Å². The molecule has 1 atom stereocenters. The highest BCUT2D eigenvalue weighted by atomic mass is 127. The van der Waals surface area contributed by atoms with Crippen molar-refractivity contribution in [1.29, 1.82) is 5.26 Å². The summed E-state index contributed by atoms with van der Waals surface area (Å²) in [6, 6.07) is 9.42. The van der Waals surface area contributed by atoms with Gasteiger partial charge in [-0.25, -0.2) is 4.99 Å². The molecule has 0 aliphatic rings. The van der Waals surface area contributed by atoms with Gasteiger partial charge in [-0.1, -0.05) is 12.1 Å². The van der Waals surface area contributed by atoms with Crippen LogP contribution in [-0.4, -0.2) is 33.9 Å². The molecule has 26 heavy (non-hydrogen) atoms. The fourth-order valence-corrected chi connectivity index (χ4v) is 2.25. The molecule has 1 aromatic carbocycles. The van der Waals surface area contributed by atoms with E-state index in [-0.39, 0.29) is 24.0 Å². The fourth-order valence-electron chi connectivity index (χ4n) is 2.25. The van der Waals surface area contributed by atoms with Gasteiger partial charge in [-0.15, -0.1) is 24.0 Å². The molecule has 3 N–H and O–H groups in total. The number of aryl methyl sites for hydroxylation is 1. The summed E-state index contributed by atoms with van der Waals surface area (Å²) in [6.45, 7) is 5.22. The summed E-state index contributed by atoms with van der Waals surface area (Å²) in [4.78, 5) is 4.52. The first kappa shape index (κ1) is 21.9. The van der Waals surface area contributed by atoms with E-state index in [1.807, 2.05) is 26.1 Å². The molecule has 0 spiro atoms. The van der Waals surface area contributed by atoms with E-state index in [0.29, 0.717) is 31.2 Å². The predicted molar refractivity (Wildman–Crippen MR) is 112 cm³/mol. The molecule has 0 aliphatic carbocycles. The van der Waals surface area contributed by atoms with Gasteiger partial charge in [-0.3, -0.25) is 4.68 Å². The van der Waals surface area contributed by atoms with Crippen molar-refractivity contribution in [1.82, 2.24) is 20.4 Å². The van der Waals surface area contributed by atoms with Crippen LogP contribution >= 0.6 is 24.0 Å². The minimum Gasteiger partial charge on any atom is -0.383 e. The highest BCUT2D eigenvalue weighted by Gasteiger charge is 2.24. The van der Waals surface area contributed by atoms with Gasteiger partial charge in [0, 0.05) is 25.4 Å². The molecule has 140 valence electrons. The first-order valence-corrected chi connectivity index (χ1v) is 8.17. The second-order valence-corrected chi connectivity index (χ2v) is 6.03. The summed E-state index contributed by atoms with van der Waals surface area (Å²) in [6.07, 6.45) is 3.45. The average molecular weight is 468 g/mol. The van der Waals surface area contributed by atoms with Crippen LogP contribution < -0.4 is 10.6 Å². The van der Waals surface area contributed by atoms with E-state index in [2.05, 4.69) is 26.8 Å². The summed E-state index contributed by atoms with van der Waals surface area (Å²) in [5.74, 6) is 0.621. The number of nitrogens with one attached hydrogen (secondary N) is 2. The van der Waals surface area contributed by atoms with Gasteiger partial charge in [-0.2, -0.15) is 10.4 Å². The van der Waals surface area contributed by atoms with Gasteiger partial charge in [0.05, 0.1) is 30.9 Å². The second-order valence-electron chi connectivity index (χ2n) is 6.03. The third-order valence-corrected chi connectivity index (χ3v) is 3.77. The maximum Gasteiger partial charge on any atom is 0.191 e. The molecule has 0 amide bonds. The first-order chi connectivity index (χ1) is 11.9. The number of hydrogen-bond acceptors (Lipinski definition) is 4. The Balaban J connectivity index is 0.00000338. The van der Waals surface area contributed by atoms with Crippen molar-refractivity contribution in [3.63, 3.8) is 0 Å². The summed E-state index contributed by atoms with van der Waals surface area (Å²) in [7, 11) is 1.82. The van der Waals surface area contributed by atoms with Crippen LogP contribution in [0.1, 0.15) is 30.5 Å². The summed E-state index contributed by atoms with van der Waals surface area (Å²) >= 11 is 0. The number of nitrogens with zero attached hydrogens (tertiary/aromatic N) is 4. The van der Waals surface area contributed by atoms with Crippen LogP contribution in [0, 0.1) is 11.3 Å². The van der Waals surface area contributed by atoms with Crippen molar-refractivity contribution >= 4 is 29.9 Å². The van der Waals surface area contributed by atoms with Gasteiger partial charge in [0.15, 0.2) is 5.96 Å². The average Bonchev–Trinajstić information content (AvgIpc) is 3.05. The van der Waals surface area contributed by atoms with Crippen LogP contribution in [-0.2, 0) is 19.2 Å². The second kappa shape index (κ2) is 10.1. The van der Waals surface area contributed by atoms with E-state index in [4.69, 9.17) is 5.26 Å². The van der Waals surface area contributed by atoms with Crippen molar-refractivity contribution in [2.75, 3.05) is 13.1 Å². The summed E-state index contributed by atoms with van der Waals surface area (Å²) in [5, 5.41) is 29.9. The van der Waals surface area contributed by atoms with E-state index in [9.17, 15) is 5.11 Å². The zero-order chi connectivity index (χ0) is 18.3. The Labute approximate surface area is 171 Å². The molecular weight excluding hydrogens is 443 g/mol. The van der Waals surface area contributed by atoms with Crippen LogP contribution in [0.2, 0.25) is 0 Å². The molecule has 1 aromatic heterocycles. The lowest BCUT2D eigenvalue weighted by Crippen LogP contribution is -2.44. The minimum atomic E-state index is -1.06. The van der Waals surface area contributed by atoms with E-state index >= 15 is 0 Å². The molecule has 0 aliphatic heterocycles. The molecule has 1 unspecified atom stereocenters. The predicted octanol–water partition coefficient (Wildman–Crippen LogP) is 1.87. The number of hydrogen-bond donors (Lipinski definition) is 3. The summed E-state index contributed by atoms with van der Waals surface area (Å²) in [5.41, 5.74) is 1.32. The van der Waals surface area contributed by atoms with Crippen LogP contribution in [0.15, 0.2) is 41.7 Å². The lowest BCUT2D eigenvalue weighted by Gasteiger charge is -2.23. The number of halogens is 1. The Kier molecular flexibility index (Phi) is 8.54. The molecule has 0 saturated heterocycles. The van der Waals surface area contributed by atoms with E-state index in [0.717, 1.165) is 11.1 Å². The number of aromatic nitrogens is 2. The zero-order valence-corrected chi connectivity index (χ0v) is 17.6. The topological polar surface area (TPSA) is 98.3 Å². The number of benzene rings is 1. The Morgan fingerprint density at radius 3 is 2.58 bits per heavy atom. The van der Waals surface area contributed by atoms with E-state index in [1.165, 1.54) is 0 Å². The fraction of sp³-hybridized carbons (Fsp3) is 0.389. The lowest BCUT2D eigenvalue weighted by molar-refractivity contribution is 0.0616. The quantitative estimate of drug-likeness (QED) is 0.342. The summed E-state index contributed by atoms with van der Waals surface area (Å²) < 4.78 is 1.66. The molecule has 7 nitrogen and oxygen atoms in total. The molecule has 0 bridgehead atoms. The first-order valence-electron chi connectivity index (χ1n) is 8.17. The van der Waals surface area contributed by atoms with Gasteiger partial charge in [-0.05, 0) is 31.5 Å². The van der Waals surface area contributed by atoms with Crippen molar-refractivity contribution in [2.24, 2.45) is 12.0 Å². The highest BCUT2D eigenvalue weighted by Crippen LogP contribution is 2.18. The zero-order valence-electron chi connectivity index (χ0n) is 15.2. The largest absolute Gasteiger partial charge is 0.383 e. The number of rotatable bonds is 6. The van der Waals surface area contributed by atoms with Crippen LogP contribution in [0.4, 0.5) is 0 Å². The van der Waals surface area contributed by atoms with Crippen LogP contribution in [0.3, 0.4) is 0 Å². The molecule has 8 heteroatoms. The van der Waals surface area contributed by atoms with Crippen molar-refractivity contribution in [3.8, 4) is 6.07 Å². The lowest BCUT2D eigenvalue weighted by atomic mass is 10.00. The normalized spacial score (nSPS) is 13.3. The Morgan fingerprint density at radius 1 is 1.35 bits per heavy atom. The third kappa shape index (κ3) is 6.31. The Hall–Kier alpha value is -2.12. The molecule has 2 rings (SSSR count). The molecular formula is C18H25IN6O. The maximum absolute atomic E-state index is 10.6. The smallest absolute Gasteiger partial charge is 0.191 e.